The smallest absolute Gasteiger partial charge is 0.253 e. The lowest BCUT2D eigenvalue weighted by molar-refractivity contribution is 0.0628. The highest BCUT2D eigenvalue weighted by Crippen LogP contribution is 2.26. The first-order valence-corrected chi connectivity index (χ1v) is 9.09. The predicted molar refractivity (Wildman–Crippen MR) is 98.3 cm³/mol. The molecule has 25 heavy (non-hydrogen) atoms. The summed E-state index contributed by atoms with van der Waals surface area (Å²) in [6, 6.07) is 13.6. The molecule has 2 aliphatic rings. The largest absolute Gasteiger partial charge is 0.493 e. The van der Waals surface area contributed by atoms with Crippen molar-refractivity contribution in [2.24, 2.45) is 0 Å². The molecule has 2 aliphatic heterocycles. The third-order valence-electron chi connectivity index (χ3n) is 4.91. The van der Waals surface area contributed by atoms with E-state index in [0.29, 0.717) is 10.6 Å². The van der Waals surface area contributed by atoms with Gasteiger partial charge in [0.1, 0.15) is 5.75 Å². The molecule has 0 N–H and O–H groups in total. The summed E-state index contributed by atoms with van der Waals surface area (Å²) >= 11 is 5.89. The number of hydrogen-bond donors (Lipinski definition) is 0. The molecule has 0 spiro atoms. The highest BCUT2D eigenvalue weighted by Gasteiger charge is 2.22. The van der Waals surface area contributed by atoms with Gasteiger partial charge in [0, 0.05) is 49.7 Å². The summed E-state index contributed by atoms with van der Waals surface area (Å²) in [6.07, 6.45) is 1.01. The fraction of sp³-hybridized carbons (Fsp3) is 0.350. The van der Waals surface area contributed by atoms with E-state index in [1.807, 2.05) is 4.90 Å². The molecule has 1 saturated heterocycles. The molecule has 0 unspecified atom stereocenters. The summed E-state index contributed by atoms with van der Waals surface area (Å²) < 4.78 is 5.57. The van der Waals surface area contributed by atoms with Gasteiger partial charge in [0.25, 0.3) is 5.91 Å². The Hall–Kier alpha value is -2.04. The van der Waals surface area contributed by atoms with Crippen LogP contribution in [0.2, 0.25) is 5.02 Å². The van der Waals surface area contributed by atoms with Gasteiger partial charge in [0.05, 0.1) is 6.61 Å². The van der Waals surface area contributed by atoms with Crippen molar-refractivity contribution >= 4 is 17.5 Å². The Morgan fingerprint density at radius 3 is 2.56 bits per heavy atom. The van der Waals surface area contributed by atoms with E-state index in [1.165, 1.54) is 11.1 Å². The fourth-order valence-electron chi connectivity index (χ4n) is 3.48. The van der Waals surface area contributed by atoms with Gasteiger partial charge < -0.3 is 9.64 Å². The van der Waals surface area contributed by atoms with Crippen LogP contribution in [-0.2, 0) is 13.0 Å². The van der Waals surface area contributed by atoms with E-state index in [-0.39, 0.29) is 5.91 Å². The molecule has 0 bridgehead atoms. The first kappa shape index (κ1) is 16.4. The fourth-order valence-corrected chi connectivity index (χ4v) is 3.61. The van der Waals surface area contributed by atoms with Crippen LogP contribution >= 0.6 is 11.6 Å². The number of piperazine rings is 1. The second-order valence-corrected chi connectivity index (χ2v) is 7.05. The molecule has 130 valence electrons. The number of benzene rings is 2. The SMILES string of the molecule is O=C(c1ccc(Cl)cc1)N1CCN(Cc2ccc3c(c2)CCO3)CC1. The van der Waals surface area contributed by atoms with Gasteiger partial charge in [-0.1, -0.05) is 23.7 Å². The minimum absolute atomic E-state index is 0.0889. The molecular formula is C20H21ClN2O2. The van der Waals surface area contributed by atoms with E-state index in [0.717, 1.165) is 51.5 Å². The van der Waals surface area contributed by atoms with Crippen LogP contribution in [0.1, 0.15) is 21.5 Å². The zero-order chi connectivity index (χ0) is 17.2. The van der Waals surface area contributed by atoms with Gasteiger partial charge in [0.15, 0.2) is 0 Å². The van der Waals surface area contributed by atoms with Crippen LogP contribution in [0.4, 0.5) is 0 Å². The number of carbonyl (C=O) groups excluding carboxylic acids is 1. The zero-order valence-electron chi connectivity index (χ0n) is 14.1. The standard InChI is InChI=1S/C20H21ClN2O2/c21-18-4-2-16(3-5-18)20(24)23-10-8-22(9-11-23)14-15-1-6-19-17(13-15)7-12-25-19/h1-6,13H,7-12,14H2. The van der Waals surface area contributed by atoms with Crippen LogP contribution in [0.3, 0.4) is 0 Å². The molecule has 5 heteroatoms. The molecule has 2 aromatic rings. The van der Waals surface area contributed by atoms with Crippen LogP contribution in [0.5, 0.6) is 5.75 Å². The normalized spacial score (nSPS) is 17.2. The summed E-state index contributed by atoms with van der Waals surface area (Å²) in [4.78, 5) is 16.9. The molecule has 0 atom stereocenters. The van der Waals surface area contributed by atoms with Crippen LogP contribution in [0, 0.1) is 0 Å². The van der Waals surface area contributed by atoms with Gasteiger partial charge >= 0.3 is 0 Å². The molecule has 0 aliphatic carbocycles. The van der Waals surface area contributed by atoms with Crippen molar-refractivity contribution in [1.29, 1.82) is 0 Å². The number of carbonyl (C=O) groups is 1. The summed E-state index contributed by atoms with van der Waals surface area (Å²) in [6.45, 7) is 5.03. The average Bonchev–Trinajstić information content (AvgIpc) is 3.10. The number of ether oxygens (including phenoxy) is 1. The Kier molecular flexibility index (Phi) is 4.64. The quantitative estimate of drug-likeness (QED) is 0.846. The predicted octanol–water partition coefficient (Wildman–Crippen LogP) is 3.23. The Balaban J connectivity index is 1.33. The number of amides is 1. The first-order valence-electron chi connectivity index (χ1n) is 8.71. The average molecular weight is 357 g/mol. The highest BCUT2D eigenvalue weighted by molar-refractivity contribution is 6.30. The molecule has 4 rings (SSSR count). The summed E-state index contributed by atoms with van der Waals surface area (Å²) in [7, 11) is 0. The second kappa shape index (κ2) is 7.06. The summed E-state index contributed by atoms with van der Waals surface area (Å²) in [5, 5.41) is 0.654. The maximum Gasteiger partial charge on any atom is 0.253 e. The Morgan fingerprint density at radius 1 is 1.04 bits per heavy atom. The monoisotopic (exact) mass is 356 g/mol. The van der Waals surface area contributed by atoms with E-state index in [4.69, 9.17) is 16.3 Å². The van der Waals surface area contributed by atoms with Gasteiger partial charge in [0.2, 0.25) is 0 Å². The van der Waals surface area contributed by atoms with Crippen molar-refractivity contribution in [3.63, 3.8) is 0 Å². The molecule has 1 fully saturated rings. The van der Waals surface area contributed by atoms with Crippen LogP contribution < -0.4 is 4.74 Å². The van der Waals surface area contributed by atoms with Crippen molar-refractivity contribution in [3.05, 3.63) is 64.2 Å². The number of halogens is 1. The van der Waals surface area contributed by atoms with Crippen LogP contribution in [0.15, 0.2) is 42.5 Å². The zero-order valence-corrected chi connectivity index (χ0v) is 14.8. The summed E-state index contributed by atoms with van der Waals surface area (Å²) in [5.41, 5.74) is 3.34. The van der Waals surface area contributed by atoms with Crippen molar-refractivity contribution < 1.29 is 9.53 Å². The van der Waals surface area contributed by atoms with E-state index in [9.17, 15) is 4.79 Å². The van der Waals surface area contributed by atoms with Gasteiger partial charge in [-0.05, 0) is 41.5 Å². The topological polar surface area (TPSA) is 32.8 Å². The molecule has 0 aromatic heterocycles. The van der Waals surface area contributed by atoms with E-state index < -0.39 is 0 Å². The minimum atomic E-state index is 0.0889. The number of hydrogen-bond acceptors (Lipinski definition) is 3. The Labute approximate surface area is 152 Å². The lowest BCUT2D eigenvalue weighted by Crippen LogP contribution is -2.48. The van der Waals surface area contributed by atoms with E-state index >= 15 is 0 Å². The van der Waals surface area contributed by atoms with Gasteiger partial charge in [-0.15, -0.1) is 0 Å². The number of fused-ring (bicyclic) bond motifs is 1. The molecule has 2 heterocycles. The minimum Gasteiger partial charge on any atom is -0.493 e. The van der Waals surface area contributed by atoms with Crippen LogP contribution in [-0.4, -0.2) is 48.5 Å². The molecule has 2 aromatic carbocycles. The van der Waals surface area contributed by atoms with E-state index in [2.05, 4.69) is 23.1 Å². The van der Waals surface area contributed by atoms with Crippen molar-refractivity contribution in [3.8, 4) is 5.75 Å². The third-order valence-corrected chi connectivity index (χ3v) is 5.16. The molecule has 0 saturated carbocycles. The number of nitrogens with zero attached hydrogens (tertiary/aromatic N) is 2. The van der Waals surface area contributed by atoms with E-state index in [1.54, 1.807) is 24.3 Å². The molecule has 0 radical (unpaired) electrons. The number of rotatable bonds is 3. The van der Waals surface area contributed by atoms with Gasteiger partial charge in [-0.2, -0.15) is 0 Å². The highest BCUT2D eigenvalue weighted by atomic mass is 35.5. The van der Waals surface area contributed by atoms with Crippen LogP contribution in [0.25, 0.3) is 0 Å². The second-order valence-electron chi connectivity index (χ2n) is 6.62. The summed E-state index contributed by atoms with van der Waals surface area (Å²) in [5.74, 6) is 1.12. The molecule has 1 amide bonds. The van der Waals surface area contributed by atoms with Gasteiger partial charge in [-0.3, -0.25) is 9.69 Å². The third kappa shape index (κ3) is 3.65. The van der Waals surface area contributed by atoms with Crippen molar-refractivity contribution in [2.75, 3.05) is 32.8 Å². The molecule has 4 nitrogen and oxygen atoms in total. The van der Waals surface area contributed by atoms with Gasteiger partial charge in [-0.25, -0.2) is 0 Å². The van der Waals surface area contributed by atoms with Crippen molar-refractivity contribution in [1.82, 2.24) is 9.80 Å². The Morgan fingerprint density at radius 2 is 1.80 bits per heavy atom. The first-order chi connectivity index (χ1) is 12.2. The maximum atomic E-state index is 12.6. The lowest BCUT2D eigenvalue weighted by atomic mass is 10.1. The Bertz CT molecular complexity index is 768. The molecular weight excluding hydrogens is 336 g/mol. The maximum absolute atomic E-state index is 12.6. The lowest BCUT2D eigenvalue weighted by Gasteiger charge is -2.34. The van der Waals surface area contributed by atoms with Crippen molar-refractivity contribution in [2.45, 2.75) is 13.0 Å².